The number of hydrogen-bond donors (Lipinski definition) is 1. The lowest BCUT2D eigenvalue weighted by atomic mass is 9.79. The number of likely N-dealkylation sites (tertiary alicyclic amines) is 2. The number of benzene rings is 2. The van der Waals surface area contributed by atoms with E-state index in [1.165, 1.54) is 22.2 Å². The molecule has 0 radical (unpaired) electrons. The van der Waals surface area contributed by atoms with Crippen molar-refractivity contribution in [1.29, 1.82) is 0 Å². The molecule has 2 aromatic carbocycles. The predicted octanol–water partition coefficient (Wildman–Crippen LogP) is 5.32. The molecule has 54 heavy (non-hydrogen) atoms. The molecule has 0 bridgehead atoms. The number of fused-ring (bicyclic) bond motifs is 1. The number of hydrogen-bond acceptors (Lipinski definition) is 9. The van der Waals surface area contributed by atoms with Gasteiger partial charge in [-0.15, -0.1) is 11.3 Å². The molecule has 2 aliphatic rings. The summed E-state index contributed by atoms with van der Waals surface area (Å²) in [5.41, 5.74) is 2.58. The van der Waals surface area contributed by atoms with E-state index in [4.69, 9.17) is 4.74 Å². The van der Waals surface area contributed by atoms with E-state index >= 15 is 0 Å². The Labute approximate surface area is 316 Å². The number of carbonyl (C=O) groups is 2. The van der Waals surface area contributed by atoms with E-state index < -0.39 is 5.60 Å². The van der Waals surface area contributed by atoms with Crippen molar-refractivity contribution in [2.45, 2.75) is 44.2 Å². The fraction of sp³-hybridized carbons (Fsp3) is 0.317. The number of carbonyl (C=O) groups excluding carboxylic acids is 2. The van der Waals surface area contributed by atoms with Crippen molar-refractivity contribution in [1.82, 2.24) is 33.9 Å². The second-order valence-corrected chi connectivity index (χ2v) is 15.2. The molecule has 2 amide bonds. The van der Waals surface area contributed by atoms with Crippen molar-refractivity contribution in [3.63, 3.8) is 0 Å². The smallest absolute Gasteiger partial charge is 0.265 e. The quantitative estimate of drug-likeness (QED) is 0.221. The van der Waals surface area contributed by atoms with Crippen molar-refractivity contribution in [2.75, 3.05) is 33.3 Å². The van der Waals surface area contributed by atoms with E-state index in [-0.39, 0.29) is 35.8 Å². The van der Waals surface area contributed by atoms with Crippen molar-refractivity contribution in [2.24, 2.45) is 5.92 Å². The summed E-state index contributed by atoms with van der Waals surface area (Å²) in [4.78, 5) is 59.6. The van der Waals surface area contributed by atoms with Gasteiger partial charge in [0.1, 0.15) is 16.2 Å². The molecule has 0 saturated carbocycles. The fourth-order valence-corrected chi connectivity index (χ4v) is 8.80. The predicted molar refractivity (Wildman–Crippen MR) is 206 cm³/mol. The van der Waals surface area contributed by atoms with Crippen LogP contribution in [0, 0.1) is 12.8 Å². The number of thiazole rings is 1. The molecule has 6 heterocycles. The van der Waals surface area contributed by atoms with Crippen LogP contribution < -0.4 is 10.3 Å². The average Bonchev–Trinajstić information content (AvgIpc) is 3.83. The second kappa shape index (κ2) is 14.6. The molecule has 12 nitrogen and oxygen atoms in total. The SMILES string of the molecule is COc1ccc(-c2nc(C)c(C(=O)N3CC[C@@H](C(=O)N4CCC(O)(Cn5cnc6c(ccn6-c6ccccc6)c5=O)CC4)[C@H](c4ccccc4)C3)s2)cn1. The molecular formula is C41H41N7O5S. The first-order chi connectivity index (χ1) is 26.2. The van der Waals surface area contributed by atoms with Crippen LogP contribution in [-0.2, 0) is 11.3 Å². The molecule has 2 atom stereocenters. The highest BCUT2D eigenvalue weighted by atomic mass is 32.1. The lowest BCUT2D eigenvalue weighted by molar-refractivity contribution is -0.142. The summed E-state index contributed by atoms with van der Waals surface area (Å²) < 4.78 is 8.54. The van der Waals surface area contributed by atoms with Crippen molar-refractivity contribution < 1.29 is 19.4 Å². The van der Waals surface area contributed by atoms with Gasteiger partial charge in [0.2, 0.25) is 11.8 Å². The first-order valence-corrected chi connectivity index (χ1v) is 19.0. The Hall–Kier alpha value is -5.66. The van der Waals surface area contributed by atoms with Gasteiger partial charge in [-0.05, 0) is 56.0 Å². The van der Waals surface area contributed by atoms with Crippen LogP contribution in [0.4, 0.5) is 0 Å². The summed E-state index contributed by atoms with van der Waals surface area (Å²) in [7, 11) is 1.56. The molecule has 0 aliphatic carbocycles. The molecule has 0 unspecified atom stereocenters. The van der Waals surface area contributed by atoms with Gasteiger partial charge in [0.05, 0.1) is 30.3 Å². The summed E-state index contributed by atoms with van der Waals surface area (Å²) in [6.07, 6.45) is 6.21. The van der Waals surface area contributed by atoms with Gasteiger partial charge in [-0.1, -0.05) is 48.5 Å². The highest BCUT2D eigenvalue weighted by Crippen LogP contribution is 2.37. The molecule has 6 aromatic rings. The number of pyridine rings is 1. The summed E-state index contributed by atoms with van der Waals surface area (Å²) in [5.74, 6) is -0.0774. The Morgan fingerprint density at radius 1 is 0.944 bits per heavy atom. The average molecular weight is 744 g/mol. The van der Waals surface area contributed by atoms with Crippen molar-refractivity contribution >= 4 is 34.2 Å². The lowest BCUT2D eigenvalue weighted by Crippen LogP contribution is -2.53. The van der Waals surface area contributed by atoms with Crippen LogP contribution in [0.2, 0.25) is 0 Å². The van der Waals surface area contributed by atoms with E-state index in [0.717, 1.165) is 16.8 Å². The van der Waals surface area contributed by atoms with Gasteiger partial charge in [-0.3, -0.25) is 19.0 Å². The fourth-order valence-electron chi connectivity index (χ4n) is 7.78. The van der Waals surface area contributed by atoms with Crippen LogP contribution in [0.25, 0.3) is 27.3 Å². The van der Waals surface area contributed by atoms with Gasteiger partial charge < -0.3 is 24.2 Å². The van der Waals surface area contributed by atoms with E-state index in [9.17, 15) is 19.5 Å². The van der Waals surface area contributed by atoms with Crippen LogP contribution in [0.5, 0.6) is 5.88 Å². The Morgan fingerprint density at radius 3 is 2.39 bits per heavy atom. The summed E-state index contributed by atoms with van der Waals surface area (Å²) >= 11 is 1.35. The molecule has 2 saturated heterocycles. The van der Waals surface area contributed by atoms with Crippen LogP contribution >= 0.6 is 11.3 Å². The van der Waals surface area contributed by atoms with Gasteiger partial charge in [0, 0.05) is 67.7 Å². The second-order valence-electron chi connectivity index (χ2n) is 14.2. The molecule has 276 valence electrons. The minimum Gasteiger partial charge on any atom is -0.481 e. The molecular weight excluding hydrogens is 703 g/mol. The Kier molecular flexibility index (Phi) is 9.59. The number of aryl methyl sites for hydroxylation is 1. The maximum atomic E-state index is 14.3. The van der Waals surface area contributed by atoms with Gasteiger partial charge in [0.25, 0.3) is 11.5 Å². The number of ether oxygens (including phenoxy) is 1. The summed E-state index contributed by atoms with van der Waals surface area (Å²) in [6.45, 7) is 3.52. The molecule has 2 fully saturated rings. The molecule has 0 spiro atoms. The summed E-state index contributed by atoms with van der Waals surface area (Å²) in [5, 5.41) is 12.9. The van der Waals surface area contributed by atoms with Crippen LogP contribution in [0.1, 0.15) is 46.1 Å². The molecule has 1 N–H and O–H groups in total. The third-order valence-electron chi connectivity index (χ3n) is 10.8. The number of aliphatic hydroxyl groups is 1. The Balaban J connectivity index is 0.950. The third-order valence-corrected chi connectivity index (χ3v) is 12.0. The zero-order valence-corrected chi connectivity index (χ0v) is 31.0. The normalized spacial score (nSPS) is 18.5. The van der Waals surface area contributed by atoms with E-state index in [1.54, 1.807) is 25.4 Å². The van der Waals surface area contributed by atoms with Crippen molar-refractivity contribution in [3.05, 3.63) is 124 Å². The largest absolute Gasteiger partial charge is 0.481 e. The minimum absolute atomic E-state index is 0.0313. The van der Waals surface area contributed by atoms with E-state index in [1.807, 2.05) is 94.2 Å². The topological polar surface area (TPSA) is 136 Å². The van der Waals surface area contributed by atoms with Crippen LogP contribution in [0.3, 0.4) is 0 Å². The zero-order chi connectivity index (χ0) is 37.4. The zero-order valence-electron chi connectivity index (χ0n) is 30.2. The maximum absolute atomic E-state index is 14.3. The van der Waals surface area contributed by atoms with Gasteiger partial charge in [-0.2, -0.15) is 0 Å². The number of aromatic nitrogens is 5. The molecule has 2 aliphatic heterocycles. The Bertz CT molecular complexity index is 2350. The molecule has 13 heteroatoms. The number of amides is 2. The standard InChI is InChI=1S/C41H41N7O5S/c1-27-35(54-37(44-27)29-13-14-34(53-2)42-23-29)40(51)46-19-15-31(33(24-46)28-9-5-3-6-10-28)38(49)45-21-17-41(52,18-22-45)25-47-26-43-36-32(39(47)50)16-20-48(36)30-11-7-4-8-12-30/h3-14,16,20,23,26,31,33,52H,15,17-19,21-22,24-25H2,1-2H3/t31-,33+/m1/s1. The number of rotatable bonds is 8. The van der Waals surface area contributed by atoms with Gasteiger partial charge in [0.15, 0.2) is 5.65 Å². The first-order valence-electron chi connectivity index (χ1n) is 18.2. The lowest BCUT2D eigenvalue weighted by Gasteiger charge is -2.43. The number of nitrogens with zero attached hydrogens (tertiary/aromatic N) is 7. The third kappa shape index (κ3) is 6.80. The Morgan fingerprint density at radius 2 is 1.69 bits per heavy atom. The number of methoxy groups -OCH3 is 1. The maximum Gasteiger partial charge on any atom is 0.265 e. The number of piperidine rings is 2. The van der Waals surface area contributed by atoms with Gasteiger partial charge in [-0.25, -0.2) is 15.0 Å². The van der Waals surface area contributed by atoms with Crippen LogP contribution in [-0.4, -0.2) is 89.7 Å². The monoisotopic (exact) mass is 743 g/mol. The molecule has 4 aromatic heterocycles. The minimum atomic E-state index is -1.17. The van der Waals surface area contributed by atoms with E-state index in [0.29, 0.717) is 77.9 Å². The highest BCUT2D eigenvalue weighted by Gasteiger charge is 2.42. The first kappa shape index (κ1) is 35.4. The number of para-hydroxylation sites is 1. The van der Waals surface area contributed by atoms with E-state index in [2.05, 4.69) is 15.0 Å². The van der Waals surface area contributed by atoms with Gasteiger partial charge >= 0.3 is 0 Å². The highest BCUT2D eigenvalue weighted by molar-refractivity contribution is 7.17. The summed E-state index contributed by atoms with van der Waals surface area (Å²) in [6, 6.07) is 25.1. The van der Waals surface area contributed by atoms with Crippen LogP contribution in [0.15, 0.2) is 102 Å². The molecule has 8 rings (SSSR count). The van der Waals surface area contributed by atoms with Crippen molar-refractivity contribution in [3.8, 4) is 22.1 Å².